The number of piperidine rings is 1. The molecule has 0 saturated carbocycles. The molecule has 5 heteroatoms. The van der Waals surface area contributed by atoms with Gasteiger partial charge in [0.1, 0.15) is 0 Å². The van der Waals surface area contributed by atoms with Gasteiger partial charge in [0.15, 0.2) is 0 Å². The van der Waals surface area contributed by atoms with E-state index in [0.29, 0.717) is 12.1 Å². The summed E-state index contributed by atoms with van der Waals surface area (Å²) >= 11 is 0. The zero-order chi connectivity index (χ0) is 14.5. The maximum Gasteiger partial charge on any atom is 0.254 e. The van der Waals surface area contributed by atoms with Crippen LogP contribution >= 0.6 is 0 Å². The Balaban J connectivity index is 2.18. The summed E-state index contributed by atoms with van der Waals surface area (Å²) in [6, 6.07) is 7.41. The molecule has 2 amide bonds. The lowest BCUT2D eigenvalue weighted by Crippen LogP contribution is -2.51. The molecule has 5 nitrogen and oxygen atoms in total. The molecule has 1 atom stereocenters. The van der Waals surface area contributed by atoms with Crippen molar-refractivity contribution in [1.82, 2.24) is 10.2 Å². The first-order chi connectivity index (χ1) is 9.58. The van der Waals surface area contributed by atoms with Crippen LogP contribution in [0, 0.1) is 6.92 Å². The highest BCUT2D eigenvalue weighted by molar-refractivity contribution is 5.96. The molecule has 3 N–H and O–H groups in total. The van der Waals surface area contributed by atoms with E-state index >= 15 is 0 Å². The van der Waals surface area contributed by atoms with Gasteiger partial charge in [-0.05, 0) is 38.4 Å². The third-order valence-corrected chi connectivity index (χ3v) is 3.60. The van der Waals surface area contributed by atoms with E-state index in [1.165, 1.54) is 0 Å². The van der Waals surface area contributed by atoms with E-state index in [-0.39, 0.29) is 18.5 Å². The van der Waals surface area contributed by atoms with E-state index in [1.54, 1.807) is 17.0 Å². The second-order valence-electron chi connectivity index (χ2n) is 5.27. The van der Waals surface area contributed by atoms with Crippen molar-refractivity contribution in [1.29, 1.82) is 0 Å². The van der Waals surface area contributed by atoms with Crippen molar-refractivity contribution in [3.63, 3.8) is 0 Å². The van der Waals surface area contributed by atoms with Crippen LogP contribution in [0.15, 0.2) is 24.3 Å². The minimum Gasteiger partial charge on any atom is -0.368 e. The van der Waals surface area contributed by atoms with Crippen LogP contribution in [-0.4, -0.2) is 42.4 Å². The lowest BCUT2D eigenvalue weighted by molar-refractivity contribution is -0.119. The van der Waals surface area contributed by atoms with Gasteiger partial charge in [0.2, 0.25) is 5.91 Å². The maximum atomic E-state index is 12.6. The number of nitrogens with zero attached hydrogens (tertiary/aromatic N) is 1. The van der Waals surface area contributed by atoms with Crippen LogP contribution < -0.4 is 11.1 Å². The zero-order valence-electron chi connectivity index (χ0n) is 11.8. The first-order valence-corrected chi connectivity index (χ1v) is 6.94. The Bertz CT molecular complexity index is 478. The number of rotatable bonds is 4. The molecule has 0 bridgehead atoms. The van der Waals surface area contributed by atoms with Gasteiger partial charge < -0.3 is 16.0 Å². The lowest BCUT2D eigenvalue weighted by Gasteiger charge is -2.34. The molecule has 20 heavy (non-hydrogen) atoms. The van der Waals surface area contributed by atoms with E-state index in [4.69, 9.17) is 5.73 Å². The molecule has 108 valence electrons. The minimum absolute atomic E-state index is 0.0287. The monoisotopic (exact) mass is 275 g/mol. The van der Waals surface area contributed by atoms with Crippen LogP contribution in [0.2, 0.25) is 0 Å². The Morgan fingerprint density at radius 2 is 2.05 bits per heavy atom. The number of primary amides is 1. The van der Waals surface area contributed by atoms with Crippen molar-refractivity contribution in [3.8, 4) is 0 Å². The average molecular weight is 275 g/mol. The summed E-state index contributed by atoms with van der Waals surface area (Å²) in [5, 5.41) is 3.26. The highest BCUT2D eigenvalue weighted by Crippen LogP contribution is 2.15. The average Bonchev–Trinajstić information content (AvgIpc) is 2.45. The number of amides is 2. The van der Waals surface area contributed by atoms with Gasteiger partial charge in [-0.25, -0.2) is 0 Å². The SMILES string of the molecule is Cc1ccc(C(=O)N(CC(N)=O)C2CCCNC2)cc1. The van der Waals surface area contributed by atoms with Crippen LogP contribution in [0.5, 0.6) is 0 Å². The summed E-state index contributed by atoms with van der Waals surface area (Å²) in [5.41, 5.74) is 6.99. The summed E-state index contributed by atoms with van der Waals surface area (Å²) in [5.74, 6) is -0.603. The number of carbonyl (C=O) groups is 2. The number of hydrogen-bond acceptors (Lipinski definition) is 3. The summed E-state index contributed by atoms with van der Waals surface area (Å²) in [6.45, 7) is 3.62. The molecular weight excluding hydrogens is 254 g/mol. The maximum absolute atomic E-state index is 12.6. The van der Waals surface area contributed by atoms with Gasteiger partial charge in [0, 0.05) is 18.2 Å². The molecular formula is C15H21N3O2. The molecule has 1 fully saturated rings. The van der Waals surface area contributed by atoms with Gasteiger partial charge in [-0.3, -0.25) is 9.59 Å². The molecule has 0 aromatic heterocycles. The third kappa shape index (κ3) is 3.57. The smallest absolute Gasteiger partial charge is 0.254 e. The van der Waals surface area contributed by atoms with Gasteiger partial charge in [-0.15, -0.1) is 0 Å². The van der Waals surface area contributed by atoms with Crippen molar-refractivity contribution in [2.24, 2.45) is 5.73 Å². The summed E-state index contributed by atoms with van der Waals surface area (Å²) in [4.78, 5) is 25.4. The molecule has 1 aromatic rings. The summed E-state index contributed by atoms with van der Waals surface area (Å²) in [7, 11) is 0. The second kappa shape index (κ2) is 6.52. The Labute approximate surface area is 119 Å². The number of nitrogens with two attached hydrogens (primary N) is 1. The van der Waals surface area contributed by atoms with Crippen LogP contribution in [0.1, 0.15) is 28.8 Å². The number of benzene rings is 1. The molecule has 0 radical (unpaired) electrons. The Morgan fingerprint density at radius 1 is 1.35 bits per heavy atom. The predicted molar refractivity (Wildman–Crippen MR) is 77.3 cm³/mol. The van der Waals surface area contributed by atoms with E-state index in [0.717, 1.165) is 24.9 Å². The van der Waals surface area contributed by atoms with E-state index in [1.807, 2.05) is 19.1 Å². The molecule has 1 aromatic carbocycles. The zero-order valence-corrected chi connectivity index (χ0v) is 11.8. The van der Waals surface area contributed by atoms with Crippen LogP contribution in [-0.2, 0) is 4.79 Å². The fourth-order valence-electron chi connectivity index (χ4n) is 2.50. The number of carbonyl (C=O) groups excluding carboxylic acids is 2. The first kappa shape index (κ1) is 14.5. The molecule has 1 aliphatic rings. The molecule has 0 aliphatic carbocycles. The molecule has 1 saturated heterocycles. The molecule has 1 unspecified atom stereocenters. The van der Waals surface area contributed by atoms with Crippen molar-refractivity contribution in [2.75, 3.05) is 19.6 Å². The van der Waals surface area contributed by atoms with Crippen LogP contribution in [0.25, 0.3) is 0 Å². The summed E-state index contributed by atoms with van der Waals surface area (Å²) in [6.07, 6.45) is 1.90. The van der Waals surface area contributed by atoms with Gasteiger partial charge in [-0.2, -0.15) is 0 Å². The largest absolute Gasteiger partial charge is 0.368 e. The molecule has 1 heterocycles. The molecule has 2 rings (SSSR count). The Hall–Kier alpha value is -1.88. The van der Waals surface area contributed by atoms with Crippen molar-refractivity contribution < 1.29 is 9.59 Å². The highest BCUT2D eigenvalue weighted by Gasteiger charge is 2.27. The topological polar surface area (TPSA) is 75.4 Å². The van der Waals surface area contributed by atoms with E-state index < -0.39 is 5.91 Å². The van der Waals surface area contributed by atoms with Crippen molar-refractivity contribution in [2.45, 2.75) is 25.8 Å². The first-order valence-electron chi connectivity index (χ1n) is 6.94. The van der Waals surface area contributed by atoms with Gasteiger partial charge in [-0.1, -0.05) is 17.7 Å². The van der Waals surface area contributed by atoms with Gasteiger partial charge in [0.25, 0.3) is 5.91 Å². The van der Waals surface area contributed by atoms with E-state index in [9.17, 15) is 9.59 Å². The highest BCUT2D eigenvalue weighted by atomic mass is 16.2. The second-order valence-corrected chi connectivity index (χ2v) is 5.27. The third-order valence-electron chi connectivity index (χ3n) is 3.60. The number of hydrogen-bond donors (Lipinski definition) is 2. The quantitative estimate of drug-likeness (QED) is 0.848. The predicted octanol–water partition coefficient (Wildman–Crippen LogP) is 0.675. The van der Waals surface area contributed by atoms with Crippen molar-refractivity contribution in [3.05, 3.63) is 35.4 Å². The standard InChI is InChI=1S/C15H21N3O2/c1-11-4-6-12(7-5-11)15(20)18(10-14(16)19)13-3-2-8-17-9-13/h4-7,13,17H,2-3,8-10H2,1H3,(H2,16,19). The number of aryl methyl sites for hydroxylation is 1. The Kier molecular flexibility index (Phi) is 4.74. The van der Waals surface area contributed by atoms with Crippen molar-refractivity contribution >= 4 is 11.8 Å². The van der Waals surface area contributed by atoms with Gasteiger partial charge >= 0.3 is 0 Å². The lowest BCUT2D eigenvalue weighted by atomic mass is 10.0. The molecule has 0 spiro atoms. The fourth-order valence-corrected chi connectivity index (χ4v) is 2.50. The van der Waals surface area contributed by atoms with E-state index in [2.05, 4.69) is 5.32 Å². The van der Waals surface area contributed by atoms with Gasteiger partial charge in [0.05, 0.1) is 6.54 Å². The Morgan fingerprint density at radius 3 is 2.60 bits per heavy atom. The normalized spacial score (nSPS) is 18.6. The summed E-state index contributed by atoms with van der Waals surface area (Å²) < 4.78 is 0. The minimum atomic E-state index is -0.476. The molecule has 1 aliphatic heterocycles. The van der Waals surface area contributed by atoms with Crippen LogP contribution in [0.3, 0.4) is 0 Å². The fraction of sp³-hybridized carbons (Fsp3) is 0.467. The van der Waals surface area contributed by atoms with Crippen LogP contribution in [0.4, 0.5) is 0 Å². The number of nitrogens with one attached hydrogen (secondary N) is 1.